The SMILES string of the molecule is CCc1cc(=O)oc2cc(C)cc(OC(C)C(=O)N3C[C@H]4CNC[C@H]4C3)c12.Cl. The van der Waals surface area contributed by atoms with Gasteiger partial charge in [0, 0.05) is 32.2 Å². The number of hydrogen-bond acceptors (Lipinski definition) is 5. The van der Waals surface area contributed by atoms with Gasteiger partial charge in [-0.25, -0.2) is 4.79 Å². The number of hydrogen-bond donors (Lipinski definition) is 1. The third-order valence-corrected chi connectivity index (χ3v) is 5.77. The molecule has 2 aromatic rings. The first-order valence-corrected chi connectivity index (χ1v) is 9.69. The summed E-state index contributed by atoms with van der Waals surface area (Å²) >= 11 is 0. The van der Waals surface area contributed by atoms with Gasteiger partial charge in [-0.2, -0.15) is 0 Å². The van der Waals surface area contributed by atoms with Gasteiger partial charge in [0.15, 0.2) is 6.10 Å². The summed E-state index contributed by atoms with van der Waals surface area (Å²) in [5, 5.41) is 4.17. The molecular formula is C21H27ClN2O4. The largest absolute Gasteiger partial charge is 0.480 e. The normalized spacial score (nSPS) is 22.0. The van der Waals surface area contributed by atoms with E-state index in [0.717, 1.165) is 42.7 Å². The Morgan fingerprint density at radius 1 is 1.29 bits per heavy atom. The number of halogens is 1. The highest BCUT2D eigenvalue weighted by Crippen LogP contribution is 2.32. The number of aryl methyl sites for hydroxylation is 2. The van der Waals surface area contributed by atoms with Crippen LogP contribution in [0, 0.1) is 18.8 Å². The van der Waals surface area contributed by atoms with Crippen LogP contribution in [0.5, 0.6) is 5.75 Å². The molecule has 6 nitrogen and oxygen atoms in total. The van der Waals surface area contributed by atoms with Crippen LogP contribution in [0.4, 0.5) is 0 Å². The summed E-state index contributed by atoms with van der Waals surface area (Å²) < 4.78 is 11.5. The van der Waals surface area contributed by atoms with Gasteiger partial charge >= 0.3 is 5.63 Å². The molecule has 0 saturated carbocycles. The molecule has 0 bridgehead atoms. The summed E-state index contributed by atoms with van der Waals surface area (Å²) in [6, 6.07) is 5.25. The van der Waals surface area contributed by atoms with Crippen molar-refractivity contribution in [2.45, 2.75) is 33.3 Å². The summed E-state index contributed by atoms with van der Waals surface area (Å²) in [5.41, 5.74) is 1.95. The van der Waals surface area contributed by atoms with Gasteiger partial charge in [0.25, 0.3) is 5.91 Å². The van der Waals surface area contributed by atoms with Gasteiger partial charge in [-0.15, -0.1) is 12.4 Å². The van der Waals surface area contributed by atoms with Gasteiger partial charge in [0.2, 0.25) is 0 Å². The highest BCUT2D eigenvalue weighted by molar-refractivity contribution is 5.88. The molecule has 2 saturated heterocycles. The monoisotopic (exact) mass is 406 g/mol. The Morgan fingerprint density at radius 2 is 1.96 bits per heavy atom. The molecule has 28 heavy (non-hydrogen) atoms. The molecule has 1 unspecified atom stereocenters. The van der Waals surface area contributed by atoms with Gasteiger partial charge in [0.05, 0.1) is 5.39 Å². The van der Waals surface area contributed by atoms with E-state index in [1.807, 2.05) is 30.9 Å². The minimum absolute atomic E-state index is 0. The number of likely N-dealkylation sites (tertiary alicyclic amines) is 1. The van der Waals surface area contributed by atoms with E-state index in [9.17, 15) is 9.59 Å². The first-order valence-electron chi connectivity index (χ1n) is 9.69. The van der Waals surface area contributed by atoms with E-state index in [4.69, 9.17) is 9.15 Å². The number of amides is 1. The van der Waals surface area contributed by atoms with E-state index in [1.165, 1.54) is 6.07 Å². The first kappa shape index (κ1) is 20.7. The molecule has 0 spiro atoms. The van der Waals surface area contributed by atoms with Crippen LogP contribution in [-0.4, -0.2) is 43.1 Å². The Morgan fingerprint density at radius 3 is 2.61 bits per heavy atom. The van der Waals surface area contributed by atoms with Crippen molar-refractivity contribution in [1.29, 1.82) is 0 Å². The van der Waals surface area contributed by atoms with Crippen LogP contribution in [0.2, 0.25) is 0 Å². The number of benzene rings is 1. The molecule has 2 aliphatic heterocycles. The lowest BCUT2D eigenvalue weighted by Gasteiger charge is -2.23. The van der Waals surface area contributed by atoms with Gasteiger partial charge < -0.3 is 19.4 Å². The van der Waals surface area contributed by atoms with Crippen LogP contribution in [0.15, 0.2) is 27.4 Å². The standard InChI is InChI=1S/C21H26N2O4.ClH/c1-4-14-7-19(24)27-18-6-12(2)5-17(20(14)18)26-13(3)21(25)23-10-15-8-22-9-16(15)11-23;/h5-7,13,15-16,22H,4,8-11H2,1-3H3;1H/t13?,15-,16+;. The maximum absolute atomic E-state index is 12.9. The molecule has 1 aromatic carbocycles. The number of fused-ring (bicyclic) bond motifs is 2. The summed E-state index contributed by atoms with van der Waals surface area (Å²) in [5.74, 6) is 1.74. The molecule has 0 aliphatic carbocycles. The number of nitrogens with zero attached hydrogens (tertiary/aromatic N) is 1. The molecule has 2 fully saturated rings. The molecule has 1 N–H and O–H groups in total. The van der Waals surface area contributed by atoms with Crippen molar-refractivity contribution in [2.24, 2.45) is 11.8 Å². The summed E-state index contributed by atoms with van der Waals surface area (Å²) in [7, 11) is 0. The van der Waals surface area contributed by atoms with Crippen molar-refractivity contribution in [1.82, 2.24) is 10.2 Å². The fraction of sp³-hybridized carbons (Fsp3) is 0.524. The van der Waals surface area contributed by atoms with E-state index in [2.05, 4.69) is 5.32 Å². The van der Waals surface area contributed by atoms with Crippen LogP contribution in [0.3, 0.4) is 0 Å². The zero-order chi connectivity index (χ0) is 19.1. The molecule has 3 atom stereocenters. The van der Waals surface area contributed by atoms with E-state index < -0.39 is 6.10 Å². The minimum Gasteiger partial charge on any atom is -0.480 e. The predicted octanol–water partition coefficient (Wildman–Crippen LogP) is 2.53. The second-order valence-electron chi connectivity index (χ2n) is 7.76. The lowest BCUT2D eigenvalue weighted by atomic mass is 10.0. The quantitative estimate of drug-likeness (QED) is 0.790. The lowest BCUT2D eigenvalue weighted by Crippen LogP contribution is -2.40. The lowest BCUT2D eigenvalue weighted by molar-refractivity contribution is -0.137. The molecule has 152 valence electrons. The fourth-order valence-electron chi connectivity index (χ4n) is 4.38. The third-order valence-electron chi connectivity index (χ3n) is 5.77. The average molecular weight is 407 g/mol. The predicted molar refractivity (Wildman–Crippen MR) is 110 cm³/mol. The molecule has 1 aromatic heterocycles. The van der Waals surface area contributed by atoms with Crippen LogP contribution in [-0.2, 0) is 11.2 Å². The smallest absolute Gasteiger partial charge is 0.336 e. The molecule has 7 heteroatoms. The van der Waals surface area contributed by atoms with E-state index in [-0.39, 0.29) is 23.9 Å². The third kappa shape index (κ3) is 3.76. The van der Waals surface area contributed by atoms with Gasteiger partial charge in [-0.3, -0.25) is 4.79 Å². The number of rotatable bonds is 4. The van der Waals surface area contributed by atoms with Crippen molar-refractivity contribution in [3.8, 4) is 5.75 Å². The number of nitrogens with one attached hydrogen (secondary N) is 1. The summed E-state index contributed by atoms with van der Waals surface area (Å²) in [6.45, 7) is 9.29. The highest BCUT2D eigenvalue weighted by Gasteiger charge is 2.39. The Labute approximate surface area is 170 Å². The molecular weight excluding hydrogens is 380 g/mol. The van der Waals surface area contributed by atoms with Crippen molar-refractivity contribution < 1.29 is 13.9 Å². The number of carbonyl (C=O) groups is 1. The maximum Gasteiger partial charge on any atom is 0.336 e. The van der Waals surface area contributed by atoms with Crippen LogP contribution in [0.1, 0.15) is 25.0 Å². The van der Waals surface area contributed by atoms with Crippen molar-refractivity contribution in [2.75, 3.05) is 26.2 Å². The van der Waals surface area contributed by atoms with E-state index in [0.29, 0.717) is 29.6 Å². The van der Waals surface area contributed by atoms with Crippen molar-refractivity contribution in [3.05, 3.63) is 39.7 Å². The molecule has 1 amide bonds. The molecule has 4 rings (SSSR count). The van der Waals surface area contributed by atoms with Crippen LogP contribution < -0.4 is 15.7 Å². The molecule has 3 heterocycles. The van der Waals surface area contributed by atoms with Crippen LogP contribution >= 0.6 is 12.4 Å². The fourth-order valence-corrected chi connectivity index (χ4v) is 4.38. The van der Waals surface area contributed by atoms with Crippen LogP contribution in [0.25, 0.3) is 11.0 Å². The topological polar surface area (TPSA) is 71.8 Å². The highest BCUT2D eigenvalue weighted by atomic mass is 35.5. The Hall–Kier alpha value is -2.05. The second kappa shape index (κ2) is 8.13. The Balaban J connectivity index is 0.00000225. The molecule has 0 radical (unpaired) electrons. The summed E-state index contributed by atoms with van der Waals surface area (Å²) in [4.78, 5) is 26.7. The Bertz CT molecular complexity index is 930. The van der Waals surface area contributed by atoms with Crippen molar-refractivity contribution >= 4 is 29.3 Å². The number of ether oxygens (including phenoxy) is 1. The van der Waals surface area contributed by atoms with Gasteiger partial charge in [0.1, 0.15) is 11.3 Å². The van der Waals surface area contributed by atoms with Gasteiger partial charge in [-0.05, 0) is 55.4 Å². The average Bonchev–Trinajstić information content (AvgIpc) is 3.21. The maximum atomic E-state index is 12.9. The van der Waals surface area contributed by atoms with E-state index >= 15 is 0 Å². The van der Waals surface area contributed by atoms with Gasteiger partial charge in [-0.1, -0.05) is 6.92 Å². The zero-order valence-corrected chi connectivity index (χ0v) is 17.3. The number of carbonyl (C=O) groups excluding carboxylic acids is 1. The minimum atomic E-state index is -0.585. The summed E-state index contributed by atoms with van der Waals surface area (Å²) in [6.07, 6.45) is 0.102. The van der Waals surface area contributed by atoms with Crippen molar-refractivity contribution in [3.63, 3.8) is 0 Å². The second-order valence-corrected chi connectivity index (χ2v) is 7.76. The van der Waals surface area contributed by atoms with E-state index in [1.54, 1.807) is 6.92 Å². The Kier molecular flexibility index (Phi) is 6.01. The first-order chi connectivity index (χ1) is 13.0. The molecule has 2 aliphatic rings. The zero-order valence-electron chi connectivity index (χ0n) is 16.5.